The molecule has 88 valence electrons. The van der Waals surface area contributed by atoms with Crippen LogP contribution in [0.3, 0.4) is 0 Å². The second kappa shape index (κ2) is 6.01. The summed E-state index contributed by atoms with van der Waals surface area (Å²) in [5.74, 6) is 0.0210. The maximum absolute atomic E-state index is 12.0. The van der Waals surface area contributed by atoms with Gasteiger partial charge in [0.25, 0.3) is 5.91 Å². The molecule has 0 aliphatic heterocycles. The van der Waals surface area contributed by atoms with E-state index in [1.54, 1.807) is 19.1 Å². The van der Waals surface area contributed by atoms with Crippen molar-refractivity contribution in [2.45, 2.75) is 6.92 Å². The zero-order chi connectivity index (χ0) is 12.1. The van der Waals surface area contributed by atoms with Gasteiger partial charge in [-0.05, 0) is 30.7 Å². The number of hydrogen-bond acceptors (Lipinski definition) is 2. The lowest BCUT2D eigenvalue weighted by atomic mass is 10.1. The van der Waals surface area contributed by atoms with Crippen molar-refractivity contribution in [2.75, 3.05) is 27.3 Å². The summed E-state index contributed by atoms with van der Waals surface area (Å²) in [6, 6.07) is 5.60. The largest absolute Gasteiger partial charge is 0.383 e. The topological polar surface area (TPSA) is 29.5 Å². The third-order valence-corrected chi connectivity index (χ3v) is 3.27. The molecule has 16 heavy (non-hydrogen) atoms. The van der Waals surface area contributed by atoms with Crippen molar-refractivity contribution in [2.24, 2.45) is 0 Å². The summed E-state index contributed by atoms with van der Waals surface area (Å²) < 4.78 is 5.96. The number of halogens is 1. The van der Waals surface area contributed by atoms with Crippen LogP contribution < -0.4 is 0 Å². The maximum Gasteiger partial charge on any atom is 0.253 e. The Labute approximate surface area is 105 Å². The van der Waals surface area contributed by atoms with Crippen molar-refractivity contribution in [3.05, 3.63) is 33.8 Å². The number of benzene rings is 1. The van der Waals surface area contributed by atoms with Crippen molar-refractivity contribution in [3.63, 3.8) is 0 Å². The van der Waals surface area contributed by atoms with Crippen molar-refractivity contribution in [1.82, 2.24) is 4.90 Å². The van der Waals surface area contributed by atoms with Gasteiger partial charge in [0, 0.05) is 30.7 Å². The Balaban J connectivity index is 2.76. The van der Waals surface area contributed by atoms with Crippen LogP contribution in [0, 0.1) is 6.92 Å². The fourth-order valence-electron chi connectivity index (χ4n) is 1.33. The Morgan fingerprint density at radius 1 is 1.50 bits per heavy atom. The number of carbonyl (C=O) groups is 1. The monoisotopic (exact) mass is 285 g/mol. The molecule has 1 amide bonds. The molecule has 4 heteroatoms. The summed E-state index contributed by atoms with van der Waals surface area (Å²) in [6.07, 6.45) is 0. The van der Waals surface area contributed by atoms with Gasteiger partial charge in [0.2, 0.25) is 0 Å². The minimum Gasteiger partial charge on any atom is -0.383 e. The first-order chi connectivity index (χ1) is 7.56. The second-order valence-electron chi connectivity index (χ2n) is 3.68. The van der Waals surface area contributed by atoms with Crippen LogP contribution in [-0.2, 0) is 4.74 Å². The third kappa shape index (κ3) is 3.32. The fourth-order valence-corrected chi connectivity index (χ4v) is 1.57. The molecule has 0 saturated heterocycles. The summed E-state index contributed by atoms with van der Waals surface area (Å²) in [5.41, 5.74) is 1.77. The molecule has 0 aliphatic carbocycles. The molecule has 3 nitrogen and oxygen atoms in total. The van der Waals surface area contributed by atoms with E-state index >= 15 is 0 Å². The van der Waals surface area contributed by atoms with Gasteiger partial charge in [0.15, 0.2) is 0 Å². The van der Waals surface area contributed by atoms with Crippen LogP contribution in [0.2, 0.25) is 0 Å². The number of rotatable bonds is 4. The van der Waals surface area contributed by atoms with Gasteiger partial charge in [0.1, 0.15) is 0 Å². The van der Waals surface area contributed by atoms with E-state index in [-0.39, 0.29) is 5.91 Å². The van der Waals surface area contributed by atoms with Gasteiger partial charge in [-0.2, -0.15) is 0 Å². The number of carbonyl (C=O) groups excluding carboxylic acids is 1. The smallest absolute Gasteiger partial charge is 0.253 e. The lowest BCUT2D eigenvalue weighted by molar-refractivity contribution is 0.0744. The van der Waals surface area contributed by atoms with Crippen LogP contribution in [0.25, 0.3) is 0 Å². The van der Waals surface area contributed by atoms with E-state index in [9.17, 15) is 4.79 Å². The lowest BCUT2D eigenvalue weighted by Crippen LogP contribution is -2.29. The van der Waals surface area contributed by atoms with Gasteiger partial charge in [-0.15, -0.1) is 0 Å². The summed E-state index contributed by atoms with van der Waals surface area (Å²) in [5, 5.41) is 0. The van der Waals surface area contributed by atoms with E-state index in [0.717, 1.165) is 10.0 Å². The van der Waals surface area contributed by atoms with Crippen molar-refractivity contribution in [3.8, 4) is 0 Å². The number of aryl methyl sites for hydroxylation is 1. The van der Waals surface area contributed by atoms with Crippen LogP contribution >= 0.6 is 15.9 Å². The molecular formula is C12H16BrNO2. The van der Waals surface area contributed by atoms with Crippen LogP contribution in [0.15, 0.2) is 22.7 Å². The number of methoxy groups -OCH3 is 1. The Kier molecular flexibility index (Phi) is 4.96. The Hall–Kier alpha value is -0.870. The molecule has 1 aromatic rings. The van der Waals surface area contributed by atoms with Gasteiger partial charge in [-0.1, -0.05) is 15.9 Å². The van der Waals surface area contributed by atoms with E-state index < -0.39 is 0 Å². The van der Waals surface area contributed by atoms with Gasteiger partial charge >= 0.3 is 0 Å². The first-order valence-electron chi connectivity index (χ1n) is 5.07. The van der Waals surface area contributed by atoms with E-state index in [0.29, 0.717) is 18.7 Å². The van der Waals surface area contributed by atoms with Crippen LogP contribution in [-0.4, -0.2) is 38.1 Å². The molecule has 1 rings (SSSR count). The van der Waals surface area contributed by atoms with E-state index in [2.05, 4.69) is 15.9 Å². The third-order valence-electron chi connectivity index (χ3n) is 2.38. The molecule has 0 aromatic heterocycles. The molecule has 0 bridgehead atoms. The number of ether oxygens (including phenoxy) is 1. The highest BCUT2D eigenvalue weighted by molar-refractivity contribution is 9.10. The van der Waals surface area contributed by atoms with E-state index in [4.69, 9.17) is 4.74 Å². The van der Waals surface area contributed by atoms with Gasteiger partial charge < -0.3 is 9.64 Å². The fraction of sp³-hybridized carbons (Fsp3) is 0.417. The Bertz CT molecular complexity index is 379. The highest BCUT2D eigenvalue weighted by Gasteiger charge is 2.11. The Morgan fingerprint density at radius 3 is 2.75 bits per heavy atom. The quantitative estimate of drug-likeness (QED) is 0.851. The molecule has 0 fully saturated rings. The lowest BCUT2D eigenvalue weighted by Gasteiger charge is -2.17. The zero-order valence-electron chi connectivity index (χ0n) is 9.79. The van der Waals surface area contributed by atoms with Crippen LogP contribution in [0.4, 0.5) is 0 Å². The van der Waals surface area contributed by atoms with Crippen molar-refractivity contribution < 1.29 is 9.53 Å². The van der Waals surface area contributed by atoms with E-state index in [1.807, 2.05) is 25.1 Å². The predicted molar refractivity (Wildman–Crippen MR) is 67.7 cm³/mol. The normalized spacial score (nSPS) is 10.2. The minimum atomic E-state index is 0.0210. The summed E-state index contributed by atoms with van der Waals surface area (Å²) in [6.45, 7) is 3.12. The maximum atomic E-state index is 12.0. The molecule has 0 unspecified atom stereocenters. The molecule has 1 aromatic carbocycles. The summed E-state index contributed by atoms with van der Waals surface area (Å²) >= 11 is 3.41. The molecular weight excluding hydrogens is 270 g/mol. The van der Waals surface area contributed by atoms with Crippen molar-refractivity contribution >= 4 is 21.8 Å². The average Bonchev–Trinajstić information content (AvgIpc) is 2.28. The first kappa shape index (κ1) is 13.2. The molecule has 0 heterocycles. The average molecular weight is 286 g/mol. The molecule has 0 aliphatic rings. The number of nitrogens with zero attached hydrogens (tertiary/aromatic N) is 1. The SMILES string of the molecule is COCCN(C)C(=O)c1ccc(Br)c(C)c1. The number of likely N-dealkylation sites (N-methyl/N-ethyl adjacent to an activating group) is 1. The molecule has 0 radical (unpaired) electrons. The molecule has 0 saturated carbocycles. The predicted octanol–water partition coefficient (Wildman–Crippen LogP) is 2.48. The van der Waals surface area contributed by atoms with Crippen molar-refractivity contribution in [1.29, 1.82) is 0 Å². The number of amides is 1. The number of hydrogen-bond donors (Lipinski definition) is 0. The first-order valence-corrected chi connectivity index (χ1v) is 5.86. The summed E-state index contributed by atoms with van der Waals surface area (Å²) in [7, 11) is 3.40. The zero-order valence-corrected chi connectivity index (χ0v) is 11.4. The Morgan fingerprint density at radius 2 is 2.19 bits per heavy atom. The van der Waals surface area contributed by atoms with Gasteiger partial charge in [-0.3, -0.25) is 4.79 Å². The van der Waals surface area contributed by atoms with E-state index in [1.165, 1.54) is 0 Å². The molecule has 0 spiro atoms. The highest BCUT2D eigenvalue weighted by atomic mass is 79.9. The molecule has 0 N–H and O–H groups in total. The molecule has 0 atom stereocenters. The van der Waals surface area contributed by atoms with Gasteiger partial charge in [0.05, 0.1) is 6.61 Å². The standard InChI is InChI=1S/C12H16BrNO2/c1-9-8-10(4-5-11(9)13)12(15)14(2)6-7-16-3/h4-5,8H,6-7H2,1-3H3. The highest BCUT2D eigenvalue weighted by Crippen LogP contribution is 2.17. The second-order valence-corrected chi connectivity index (χ2v) is 4.54. The summed E-state index contributed by atoms with van der Waals surface area (Å²) in [4.78, 5) is 13.6. The van der Waals surface area contributed by atoms with Gasteiger partial charge in [-0.25, -0.2) is 0 Å². The van der Waals surface area contributed by atoms with Crippen LogP contribution in [0.5, 0.6) is 0 Å². The minimum absolute atomic E-state index is 0.0210. The van der Waals surface area contributed by atoms with Crippen LogP contribution in [0.1, 0.15) is 15.9 Å².